The van der Waals surface area contributed by atoms with Gasteiger partial charge >= 0.3 is 0 Å². The van der Waals surface area contributed by atoms with Crippen molar-refractivity contribution in [3.8, 4) is 5.75 Å². The Labute approximate surface area is 117 Å². The number of hydrogen-bond acceptors (Lipinski definition) is 5. The Kier molecular flexibility index (Phi) is 4.52. The van der Waals surface area contributed by atoms with E-state index in [1.165, 1.54) is 11.3 Å². The molecule has 0 aliphatic heterocycles. The number of nitrogens with one attached hydrogen (secondary N) is 1. The Hall–Kier alpha value is -1.43. The zero-order chi connectivity index (χ0) is 13.8. The average molecular weight is 278 g/mol. The number of aryl methyl sites for hydroxylation is 2. The molecule has 5 heteroatoms. The molecular weight excluding hydrogens is 260 g/mol. The minimum atomic E-state index is -0.673. The minimum absolute atomic E-state index is 0.599. The largest absolute Gasteiger partial charge is 0.497 e. The first-order chi connectivity index (χ1) is 9.10. The van der Waals surface area contributed by atoms with Gasteiger partial charge in [0.2, 0.25) is 0 Å². The maximum absolute atomic E-state index is 10.1. The molecule has 2 N–H and O–H groups in total. The highest BCUT2D eigenvalue weighted by Crippen LogP contribution is 2.23. The van der Waals surface area contributed by atoms with Crippen molar-refractivity contribution in [1.82, 2.24) is 10.3 Å². The zero-order valence-corrected chi connectivity index (χ0v) is 12.1. The van der Waals surface area contributed by atoms with Gasteiger partial charge in [0.1, 0.15) is 12.0 Å². The van der Waals surface area contributed by atoms with E-state index in [0.29, 0.717) is 6.54 Å². The van der Waals surface area contributed by atoms with E-state index >= 15 is 0 Å². The molecule has 4 nitrogen and oxygen atoms in total. The van der Waals surface area contributed by atoms with Gasteiger partial charge in [0.05, 0.1) is 22.7 Å². The number of benzene rings is 1. The smallest absolute Gasteiger partial charge is 0.142 e. The zero-order valence-electron chi connectivity index (χ0n) is 11.3. The van der Waals surface area contributed by atoms with Crippen LogP contribution in [0.2, 0.25) is 0 Å². The molecule has 0 fully saturated rings. The summed E-state index contributed by atoms with van der Waals surface area (Å²) >= 11 is 1.52. The molecule has 0 radical (unpaired) electrons. The molecule has 2 rings (SSSR count). The molecule has 0 amide bonds. The number of methoxy groups -OCH3 is 1. The number of aromatic nitrogens is 1. The van der Waals surface area contributed by atoms with E-state index in [9.17, 15) is 5.11 Å². The number of aliphatic hydroxyl groups is 1. The van der Waals surface area contributed by atoms with Crippen LogP contribution in [0.3, 0.4) is 0 Å². The van der Waals surface area contributed by atoms with Gasteiger partial charge < -0.3 is 9.84 Å². The number of hydrogen-bond donors (Lipinski definition) is 2. The molecule has 0 saturated heterocycles. The van der Waals surface area contributed by atoms with Crippen molar-refractivity contribution in [2.45, 2.75) is 26.6 Å². The van der Waals surface area contributed by atoms with E-state index in [1.807, 2.05) is 38.1 Å². The number of aliphatic hydroxyl groups excluding tert-OH is 1. The summed E-state index contributed by atoms with van der Waals surface area (Å²) in [7, 11) is 1.64. The summed E-state index contributed by atoms with van der Waals surface area (Å²) in [5, 5.41) is 14.2. The Morgan fingerprint density at radius 3 is 2.53 bits per heavy atom. The number of nitrogens with zero attached hydrogens (tertiary/aromatic N) is 1. The Bertz CT molecular complexity index is 537. The van der Waals surface area contributed by atoms with Crippen LogP contribution in [0.25, 0.3) is 0 Å². The van der Waals surface area contributed by atoms with Crippen LogP contribution in [0.15, 0.2) is 24.3 Å². The predicted molar refractivity (Wildman–Crippen MR) is 76.4 cm³/mol. The van der Waals surface area contributed by atoms with Crippen molar-refractivity contribution < 1.29 is 9.84 Å². The molecule has 0 aliphatic carbocycles. The molecular formula is C14H18N2O2S. The van der Waals surface area contributed by atoms with Crippen LogP contribution in [0.1, 0.15) is 27.4 Å². The van der Waals surface area contributed by atoms with Crippen molar-refractivity contribution in [2.75, 3.05) is 7.11 Å². The normalized spacial score (nSPS) is 12.4. The average Bonchev–Trinajstić information content (AvgIpc) is 2.75. The molecule has 0 spiro atoms. The van der Waals surface area contributed by atoms with E-state index in [0.717, 1.165) is 26.9 Å². The lowest BCUT2D eigenvalue weighted by Gasteiger charge is -2.12. The lowest BCUT2D eigenvalue weighted by atomic mass is 10.2. The second kappa shape index (κ2) is 6.14. The quantitative estimate of drug-likeness (QED) is 0.825. The molecule has 0 bridgehead atoms. The topological polar surface area (TPSA) is 54.4 Å². The van der Waals surface area contributed by atoms with Crippen LogP contribution in [0, 0.1) is 13.8 Å². The van der Waals surface area contributed by atoms with E-state index in [1.54, 1.807) is 7.11 Å². The highest BCUT2D eigenvalue weighted by atomic mass is 32.1. The first kappa shape index (κ1) is 14.0. The first-order valence-corrected chi connectivity index (χ1v) is 6.90. The fraction of sp³-hybridized carbons (Fsp3) is 0.357. The summed E-state index contributed by atoms with van der Waals surface area (Å²) in [6.45, 7) is 4.45. The first-order valence-electron chi connectivity index (χ1n) is 6.08. The van der Waals surface area contributed by atoms with Crippen LogP contribution < -0.4 is 10.1 Å². The maximum Gasteiger partial charge on any atom is 0.142 e. The summed E-state index contributed by atoms with van der Waals surface area (Å²) in [5.74, 6) is 0.832. The minimum Gasteiger partial charge on any atom is -0.497 e. The van der Waals surface area contributed by atoms with E-state index in [-0.39, 0.29) is 0 Å². The van der Waals surface area contributed by atoms with Gasteiger partial charge in [-0.2, -0.15) is 0 Å². The van der Waals surface area contributed by atoms with Crippen LogP contribution in [0.4, 0.5) is 0 Å². The molecule has 1 atom stereocenters. The fourth-order valence-corrected chi connectivity index (χ4v) is 2.74. The molecule has 1 aromatic carbocycles. The number of thiazole rings is 1. The van der Waals surface area contributed by atoms with Gasteiger partial charge in [-0.15, -0.1) is 11.3 Å². The highest BCUT2D eigenvalue weighted by Gasteiger charge is 2.13. The van der Waals surface area contributed by atoms with Crippen LogP contribution >= 0.6 is 11.3 Å². The summed E-state index contributed by atoms with van der Waals surface area (Å²) < 4.78 is 5.11. The third kappa shape index (κ3) is 3.53. The van der Waals surface area contributed by atoms with E-state index in [2.05, 4.69) is 10.3 Å². The van der Waals surface area contributed by atoms with Crippen LogP contribution in [-0.4, -0.2) is 17.2 Å². The van der Waals surface area contributed by atoms with Gasteiger partial charge in [-0.25, -0.2) is 4.98 Å². The van der Waals surface area contributed by atoms with Crippen molar-refractivity contribution in [3.63, 3.8) is 0 Å². The Morgan fingerprint density at radius 1 is 1.32 bits per heavy atom. The lowest BCUT2D eigenvalue weighted by Crippen LogP contribution is -2.20. The standard InChI is InChI=1S/C14H18N2O2S/c1-9-13(19-10(2)16-9)14(17)15-8-11-4-6-12(18-3)7-5-11/h4-7,14-15,17H,8H2,1-3H3. The van der Waals surface area contributed by atoms with Gasteiger partial charge in [-0.1, -0.05) is 12.1 Å². The summed E-state index contributed by atoms with van der Waals surface area (Å²) in [6, 6.07) is 7.77. The number of rotatable bonds is 5. The Balaban J connectivity index is 1.96. The van der Waals surface area contributed by atoms with E-state index in [4.69, 9.17) is 4.74 Å². The third-order valence-electron chi connectivity index (χ3n) is 2.85. The summed E-state index contributed by atoms with van der Waals surface area (Å²) in [4.78, 5) is 5.19. The monoisotopic (exact) mass is 278 g/mol. The van der Waals surface area contributed by atoms with Crippen molar-refractivity contribution in [3.05, 3.63) is 45.4 Å². The van der Waals surface area contributed by atoms with Gasteiger partial charge in [-0.05, 0) is 31.5 Å². The SMILES string of the molecule is COc1ccc(CNC(O)c2sc(C)nc2C)cc1. The van der Waals surface area contributed by atoms with E-state index < -0.39 is 6.23 Å². The second-order valence-electron chi connectivity index (χ2n) is 4.31. The molecule has 1 aromatic heterocycles. The molecule has 1 unspecified atom stereocenters. The second-order valence-corrected chi connectivity index (χ2v) is 5.55. The Morgan fingerprint density at radius 2 is 2.00 bits per heavy atom. The van der Waals surface area contributed by atoms with Gasteiger partial charge in [-0.3, -0.25) is 5.32 Å². The highest BCUT2D eigenvalue weighted by molar-refractivity contribution is 7.11. The molecule has 0 saturated carbocycles. The lowest BCUT2D eigenvalue weighted by molar-refractivity contribution is 0.140. The number of ether oxygens (including phenoxy) is 1. The third-order valence-corrected chi connectivity index (χ3v) is 3.97. The summed E-state index contributed by atoms with van der Waals surface area (Å²) in [5.41, 5.74) is 1.98. The van der Waals surface area contributed by atoms with Crippen molar-refractivity contribution in [1.29, 1.82) is 0 Å². The molecule has 2 aromatic rings. The van der Waals surface area contributed by atoms with Gasteiger partial charge in [0.15, 0.2) is 0 Å². The predicted octanol–water partition coefficient (Wildman–Crippen LogP) is 2.55. The van der Waals surface area contributed by atoms with Gasteiger partial charge in [0.25, 0.3) is 0 Å². The summed E-state index contributed by atoms with van der Waals surface area (Å²) in [6.07, 6.45) is -0.673. The molecule has 1 heterocycles. The van der Waals surface area contributed by atoms with Gasteiger partial charge in [0, 0.05) is 6.54 Å². The van der Waals surface area contributed by atoms with Crippen molar-refractivity contribution in [2.24, 2.45) is 0 Å². The van der Waals surface area contributed by atoms with Crippen LogP contribution in [0.5, 0.6) is 5.75 Å². The molecule has 0 aliphatic rings. The fourth-order valence-electron chi connectivity index (χ4n) is 1.85. The van der Waals surface area contributed by atoms with Crippen LogP contribution in [-0.2, 0) is 6.54 Å². The molecule has 102 valence electrons. The maximum atomic E-state index is 10.1. The molecule has 19 heavy (non-hydrogen) atoms. The van der Waals surface area contributed by atoms with Crippen molar-refractivity contribution >= 4 is 11.3 Å².